The highest BCUT2D eigenvalue weighted by atomic mass is 127. The van der Waals surface area contributed by atoms with E-state index in [2.05, 4.69) is 56.0 Å². The fourth-order valence-corrected chi connectivity index (χ4v) is 3.50. The first-order chi connectivity index (χ1) is 16.1. The van der Waals surface area contributed by atoms with Gasteiger partial charge in [-0.15, -0.1) is 24.0 Å². The number of aromatic nitrogens is 3. The minimum Gasteiger partial charge on any atom is -0.352 e. The summed E-state index contributed by atoms with van der Waals surface area (Å²) in [6.45, 7) is 1.30. The van der Waals surface area contributed by atoms with Gasteiger partial charge in [-0.3, -0.25) is 4.99 Å². The second-order valence-electron chi connectivity index (χ2n) is 7.46. The molecule has 2 N–H and O–H groups in total. The first kappa shape index (κ1) is 25.3. The lowest BCUT2D eigenvalue weighted by Crippen LogP contribution is -2.36. The van der Waals surface area contributed by atoms with Crippen molar-refractivity contribution in [3.8, 4) is 11.1 Å². The summed E-state index contributed by atoms with van der Waals surface area (Å²) in [6.07, 6.45) is 3.22. The number of nitrogens with zero attached hydrogens (tertiary/aromatic N) is 4. The molecule has 0 spiro atoms. The van der Waals surface area contributed by atoms with E-state index in [1.54, 1.807) is 18.1 Å². The zero-order valence-corrected chi connectivity index (χ0v) is 20.9. The highest BCUT2D eigenvalue weighted by Gasteiger charge is 2.08. The summed E-state index contributed by atoms with van der Waals surface area (Å²) in [7, 11) is 1.64. The topological polar surface area (TPSA) is 67.1 Å². The highest BCUT2D eigenvalue weighted by Crippen LogP contribution is 2.24. The molecule has 0 aliphatic carbocycles. The number of rotatable bonds is 7. The minimum absolute atomic E-state index is 0. The van der Waals surface area contributed by atoms with E-state index in [0.29, 0.717) is 19.0 Å². The maximum absolute atomic E-state index is 13.9. The van der Waals surface area contributed by atoms with Gasteiger partial charge in [-0.25, -0.2) is 18.4 Å². The Morgan fingerprint density at radius 1 is 0.941 bits per heavy atom. The van der Waals surface area contributed by atoms with Crippen molar-refractivity contribution in [3.63, 3.8) is 0 Å². The van der Waals surface area contributed by atoms with Crippen LogP contribution in [0.15, 0.2) is 84.4 Å². The minimum atomic E-state index is -0.475. The van der Waals surface area contributed by atoms with E-state index in [-0.39, 0.29) is 36.1 Å². The van der Waals surface area contributed by atoms with Gasteiger partial charge in [-0.1, -0.05) is 48.5 Å². The van der Waals surface area contributed by atoms with Gasteiger partial charge in [0.25, 0.3) is 0 Å². The standard InChI is InChI=1S/C25H24F2N6.HI/c1-28-25(31-14-21-12-22(26)10-11-24(21)27)30-13-20-4-2-3-5-23(20)19-8-6-18(7-9-19)15-33-17-29-16-32-33;/h2-12,16-17H,13-15H2,1H3,(H2,28,30,31);1H. The molecule has 4 rings (SSSR count). The van der Waals surface area contributed by atoms with Crippen molar-refractivity contribution in [2.75, 3.05) is 7.05 Å². The van der Waals surface area contributed by atoms with Crippen molar-refractivity contribution in [2.24, 2.45) is 4.99 Å². The van der Waals surface area contributed by atoms with Crippen LogP contribution in [0.5, 0.6) is 0 Å². The molecular formula is C25H25F2IN6. The van der Waals surface area contributed by atoms with E-state index in [4.69, 9.17) is 0 Å². The zero-order chi connectivity index (χ0) is 23.0. The van der Waals surface area contributed by atoms with Crippen LogP contribution in [-0.2, 0) is 19.6 Å². The van der Waals surface area contributed by atoms with Crippen molar-refractivity contribution in [1.82, 2.24) is 25.4 Å². The number of benzene rings is 3. The highest BCUT2D eigenvalue weighted by molar-refractivity contribution is 14.0. The largest absolute Gasteiger partial charge is 0.352 e. The fraction of sp³-hybridized carbons (Fsp3) is 0.160. The van der Waals surface area contributed by atoms with Gasteiger partial charge in [-0.05, 0) is 40.5 Å². The van der Waals surface area contributed by atoms with E-state index >= 15 is 0 Å². The molecule has 176 valence electrons. The van der Waals surface area contributed by atoms with E-state index in [9.17, 15) is 8.78 Å². The Kier molecular flexibility index (Phi) is 9.08. The Morgan fingerprint density at radius 2 is 1.68 bits per heavy atom. The summed E-state index contributed by atoms with van der Waals surface area (Å²) in [5, 5.41) is 10.4. The first-order valence-corrected chi connectivity index (χ1v) is 10.5. The van der Waals surface area contributed by atoms with Crippen LogP contribution >= 0.6 is 24.0 Å². The Balaban J connectivity index is 0.00000324. The van der Waals surface area contributed by atoms with Gasteiger partial charge in [0.05, 0.1) is 6.54 Å². The SMILES string of the molecule is CN=C(NCc1cc(F)ccc1F)NCc1ccccc1-c1ccc(Cn2cncn2)cc1.I. The molecule has 0 unspecified atom stereocenters. The lowest BCUT2D eigenvalue weighted by molar-refractivity contribution is 0.581. The average Bonchev–Trinajstić information content (AvgIpc) is 3.35. The lowest BCUT2D eigenvalue weighted by atomic mass is 9.98. The Hall–Kier alpha value is -3.34. The zero-order valence-electron chi connectivity index (χ0n) is 18.6. The number of hydrogen-bond donors (Lipinski definition) is 2. The second kappa shape index (κ2) is 12.2. The maximum atomic E-state index is 13.9. The third-order valence-electron chi connectivity index (χ3n) is 5.22. The molecule has 9 heteroatoms. The lowest BCUT2D eigenvalue weighted by Gasteiger charge is -2.15. The molecule has 0 atom stereocenters. The van der Waals surface area contributed by atoms with Gasteiger partial charge >= 0.3 is 0 Å². The van der Waals surface area contributed by atoms with Gasteiger partial charge < -0.3 is 10.6 Å². The first-order valence-electron chi connectivity index (χ1n) is 10.5. The van der Waals surface area contributed by atoms with Gasteiger partial charge in [-0.2, -0.15) is 5.10 Å². The smallest absolute Gasteiger partial charge is 0.191 e. The molecule has 0 saturated heterocycles. The Bertz CT molecular complexity index is 1230. The monoisotopic (exact) mass is 574 g/mol. The molecule has 0 amide bonds. The van der Waals surface area contributed by atoms with Crippen LogP contribution in [0.25, 0.3) is 11.1 Å². The molecule has 4 aromatic rings. The Labute approximate surface area is 214 Å². The van der Waals surface area contributed by atoms with Crippen molar-refractivity contribution in [2.45, 2.75) is 19.6 Å². The summed E-state index contributed by atoms with van der Waals surface area (Å²) >= 11 is 0. The summed E-state index contributed by atoms with van der Waals surface area (Å²) < 4.78 is 29.1. The summed E-state index contributed by atoms with van der Waals surface area (Å²) in [5.74, 6) is -0.439. The molecule has 0 saturated carbocycles. The normalized spacial score (nSPS) is 11.1. The van der Waals surface area contributed by atoms with Gasteiger partial charge in [0.1, 0.15) is 24.3 Å². The van der Waals surface area contributed by atoms with E-state index in [0.717, 1.165) is 34.4 Å². The van der Waals surface area contributed by atoms with Crippen LogP contribution in [0, 0.1) is 11.6 Å². The molecule has 0 fully saturated rings. The molecule has 0 aliphatic rings. The molecule has 0 radical (unpaired) electrons. The van der Waals surface area contributed by atoms with Crippen LogP contribution in [0.3, 0.4) is 0 Å². The molecule has 3 aromatic carbocycles. The van der Waals surface area contributed by atoms with Crippen LogP contribution in [-0.4, -0.2) is 27.8 Å². The van der Waals surface area contributed by atoms with Crippen LogP contribution < -0.4 is 10.6 Å². The molecule has 6 nitrogen and oxygen atoms in total. The predicted molar refractivity (Wildman–Crippen MR) is 140 cm³/mol. The molecule has 1 aromatic heterocycles. The van der Waals surface area contributed by atoms with Gasteiger partial charge in [0.2, 0.25) is 0 Å². The third-order valence-corrected chi connectivity index (χ3v) is 5.22. The molecular weight excluding hydrogens is 549 g/mol. The second-order valence-corrected chi connectivity index (χ2v) is 7.46. The molecule has 34 heavy (non-hydrogen) atoms. The summed E-state index contributed by atoms with van der Waals surface area (Å²) in [5.41, 5.74) is 4.66. The van der Waals surface area contributed by atoms with Crippen molar-refractivity contribution in [1.29, 1.82) is 0 Å². The van der Waals surface area contributed by atoms with E-state index < -0.39 is 11.6 Å². The van der Waals surface area contributed by atoms with Crippen LogP contribution in [0.2, 0.25) is 0 Å². The van der Waals surface area contributed by atoms with E-state index in [1.165, 1.54) is 12.4 Å². The van der Waals surface area contributed by atoms with Gasteiger partial charge in [0, 0.05) is 25.7 Å². The quantitative estimate of drug-likeness (QED) is 0.190. The third kappa shape index (κ3) is 6.60. The average molecular weight is 574 g/mol. The number of aliphatic imine (C=N–C) groups is 1. The van der Waals surface area contributed by atoms with Crippen LogP contribution in [0.4, 0.5) is 8.78 Å². The molecule has 0 bridgehead atoms. The number of nitrogens with one attached hydrogen (secondary N) is 2. The summed E-state index contributed by atoms with van der Waals surface area (Å²) in [4.78, 5) is 8.15. The Morgan fingerprint density at radius 3 is 2.38 bits per heavy atom. The maximum Gasteiger partial charge on any atom is 0.191 e. The van der Waals surface area contributed by atoms with Crippen molar-refractivity contribution in [3.05, 3.63) is 108 Å². The summed E-state index contributed by atoms with van der Waals surface area (Å²) in [6, 6.07) is 19.8. The number of halogens is 3. The van der Waals surface area contributed by atoms with Crippen LogP contribution in [0.1, 0.15) is 16.7 Å². The van der Waals surface area contributed by atoms with Gasteiger partial charge in [0.15, 0.2) is 5.96 Å². The molecule has 0 aliphatic heterocycles. The fourth-order valence-electron chi connectivity index (χ4n) is 3.50. The number of guanidine groups is 1. The predicted octanol–water partition coefficient (Wildman–Crippen LogP) is 4.75. The molecule has 1 heterocycles. The van der Waals surface area contributed by atoms with Crippen molar-refractivity contribution < 1.29 is 8.78 Å². The van der Waals surface area contributed by atoms with Crippen molar-refractivity contribution >= 4 is 29.9 Å². The number of hydrogen-bond acceptors (Lipinski definition) is 3. The van der Waals surface area contributed by atoms with E-state index in [1.807, 2.05) is 18.2 Å².